The number of carbonyl (C=O) groups is 1. The molecule has 0 saturated heterocycles. The van der Waals surface area contributed by atoms with Crippen LogP contribution in [0.3, 0.4) is 0 Å². The van der Waals surface area contributed by atoms with Crippen LogP contribution in [-0.2, 0) is 27.8 Å². The Balaban J connectivity index is 2.37. The van der Waals surface area contributed by atoms with Crippen molar-refractivity contribution in [3.8, 4) is 0 Å². The van der Waals surface area contributed by atoms with Crippen LogP contribution in [-0.4, -0.2) is 31.4 Å². The minimum absolute atomic E-state index is 0.153. The standard InChI is InChI=1S/C12H16N2O3S/c1-9(15)13-12-5-3-4-10-6-7-14(8-11(10)12)18(2,16)17/h3-5H,6-8H2,1-2H3,(H,13,15). The molecule has 0 unspecified atom stereocenters. The van der Waals surface area contributed by atoms with Gasteiger partial charge in [-0.25, -0.2) is 8.42 Å². The van der Waals surface area contributed by atoms with Crippen LogP contribution < -0.4 is 5.32 Å². The Kier molecular flexibility index (Phi) is 3.41. The van der Waals surface area contributed by atoms with Crippen molar-refractivity contribution in [2.45, 2.75) is 19.9 Å². The van der Waals surface area contributed by atoms with E-state index in [0.29, 0.717) is 25.2 Å². The van der Waals surface area contributed by atoms with Crippen LogP contribution in [0.5, 0.6) is 0 Å². The predicted octanol–water partition coefficient (Wildman–Crippen LogP) is 0.963. The summed E-state index contributed by atoms with van der Waals surface area (Å²) < 4.78 is 24.6. The van der Waals surface area contributed by atoms with Crippen LogP contribution in [0.1, 0.15) is 18.1 Å². The molecule has 1 N–H and O–H groups in total. The lowest BCUT2D eigenvalue weighted by Crippen LogP contribution is -2.35. The van der Waals surface area contributed by atoms with Crippen LogP contribution in [0, 0.1) is 0 Å². The summed E-state index contributed by atoms with van der Waals surface area (Å²) in [6.45, 7) is 2.26. The number of anilines is 1. The number of carbonyl (C=O) groups excluding carboxylic acids is 1. The summed E-state index contributed by atoms with van der Waals surface area (Å²) >= 11 is 0. The second-order valence-corrected chi connectivity index (χ2v) is 6.45. The van der Waals surface area contributed by atoms with Gasteiger partial charge in [0.25, 0.3) is 0 Å². The first-order valence-corrected chi connectivity index (χ1v) is 7.56. The van der Waals surface area contributed by atoms with Crippen LogP contribution in [0.2, 0.25) is 0 Å². The smallest absolute Gasteiger partial charge is 0.221 e. The van der Waals surface area contributed by atoms with E-state index in [9.17, 15) is 13.2 Å². The third kappa shape index (κ3) is 2.70. The molecule has 0 bridgehead atoms. The molecule has 0 aromatic heterocycles. The van der Waals surface area contributed by atoms with E-state index in [1.165, 1.54) is 17.5 Å². The molecule has 0 fully saturated rings. The molecule has 6 heteroatoms. The summed E-state index contributed by atoms with van der Waals surface area (Å²) in [5.74, 6) is -0.153. The molecule has 2 rings (SSSR count). The van der Waals surface area contributed by atoms with Gasteiger partial charge in [-0.2, -0.15) is 4.31 Å². The fraction of sp³-hybridized carbons (Fsp3) is 0.417. The van der Waals surface area contributed by atoms with Gasteiger partial charge in [0.1, 0.15) is 0 Å². The number of sulfonamides is 1. The highest BCUT2D eigenvalue weighted by Gasteiger charge is 2.24. The molecular weight excluding hydrogens is 252 g/mol. The first-order valence-electron chi connectivity index (χ1n) is 5.71. The summed E-state index contributed by atoms with van der Waals surface area (Å²) in [6, 6.07) is 5.65. The van der Waals surface area contributed by atoms with E-state index in [4.69, 9.17) is 0 Å². The molecule has 1 amide bonds. The number of amides is 1. The van der Waals surface area contributed by atoms with Crippen molar-refractivity contribution in [3.63, 3.8) is 0 Å². The normalized spacial score (nSPS) is 16.1. The van der Waals surface area contributed by atoms with E-state index < -0.39 is 10.0 Å². The van der Waals surface area contributed by atoms with Gasteiger partial charge < -0.3 is 5.32 Å². The first-order chi connectivity index (χ1) is 8.38. The number of fused-ring (bicyclic) bond motifs is 1. The number of hydrogen-bond donors (Lipinski definition) is 1. The molecular formula is C12H16N2O3S. The van der Waals surface area contributed by atoms with Crippen molar-refractivity contribution in [2.75, 3.05) is 18.1 Å². The average Bonchev–Trinajstić information content (AvgIpc) is 2.27. The Morgan fingerprint density at radius 3 is 2.72 bits per heavy atom. The van der Waals surface area contributed by atoms with E-state index in [0.717, 1.165) is 11.1 Å². The first kappa shape index (κ1) is 13.0. The van der Waals surface area contributed by atoms with E-state index in [2.05, 4.69) is 5.32 Å². The Labute approximate surface area is 107 Å². The molecule has 0 atom stereocenters. The minimum atomic E-state index is -3.19. The van der Waals surface area contributed by atoms with Gasteiger partial charge in [0.15, 0.2) is 0 Å². The molecule has 18 heavy (non-hydrogen) atoms. The summed E-state index contributed by atoms with van der Waals surface area (Å²) in [5, 5.41) is 2.74. The van der Waals surface area contributed by atoms with Crippen LogP contribution >= 0.6 is 0 Å². The van der Waals surface area contributed by atoms with Crippen molar-refractivity contribution in [1.29, 1.82) is 0 Å². The predicted molar refractivity (Wildman–Crippen MR) is 69.7 cm³/mol. The monoisotopic (exact) mass is 268 g/mol. The second-order valence-electron chi connectivity index (χ2n) is 4.47. The minimum Gasteiger partial charge on any atom is -0.326 e. The maximum Gasteiger partial charge on any atom is 0.221 e. The Hall–Kier alpha value is -1.40. The SMILES string of the molecule is CC(=O)Nc1cccc2c1CN(S(C)(=O)=O)CC2. The van der Waals surface area contributed by atoms with Crippen molar-refractivity contribution < 1.29 is 13.2 Å². The summed E-state index contributed by atoms with van der Waals surface area (Å²) in [7, 11) is -3.19. The highest BCUT2D eigenvalue weighted by atomic mass is 32.2. The number of rotatable bonds is 2. The highest BCUT2D eigenvalue weighted by Crippen LogP contribution is 2.27. The molecule has 1 aromatic carbocycles. The molecule has 0 aliphatic carbocycles. The van der Waals surface area contributed by atoms with Crippen LogP contribution in [0.15, 0.2) is 18.2 Å². The van der Waals surface area contributed by atoms with E-state index >= 15 is 0 Å². The van der Waals surface area contributed by atoms with Crippen molar-refractivity contribution in [3.05, 3.63) is 29.3 Å². The van der Waals surface area contributed by atoms with Gasteiger partial charge in [0.2, 0.25) is 15.9 Å². The van der Waals surface area contributed by atoms with Crippen molar-refractivity contribution in [2.24, 2.45) is 0 Å². The quantitative estimate of drug-likeness (QED) is 0.869. The lowest BCUT2D eigenvalue weighted by Gasteiger charge is -2.28. The summed E-state index contributed by atoms with van der Waals surface area (Å²) in [5.41, 5.74) is 2.69. The van der Waals surface area contributed by atoms with Gasteiger partial charge in [-0.05, 0) is 23.6 Å². The number of benzene rings is 1. The van der Waals surface area contributed by atoms with Crippen molar-refractivity contribution >= 4 is 21.6 Å². The third-order valence-corrected chi connectivity index (χ3v) is 4.27. The molecule has 5 nitrogen and oxygen atoms in total. The largest absolute Gasteiger partial charge is 0.326 e. The maximum atomic E-state index is 11.6. The van der Waals surface area contributed by atoms with Gasteiger partial charge in [-0.1, -0.05) is 12.1 Å². The van der Waals surface area contributed by atoms with Gasteiger partial charge >= 0.3 is 0 Å². The average molecular weight is 268 g/mol. The Morgan fingerprint density at radius 1 is 1.39 bits per heavy atom. The van der Waals surface area contributed by atoms with Gasteiger partial charge in [0, 0.05) is 25.7 Å². The fourth-order valence-corrected chi connectivity index (χ4v) is 2.93. The number of nitrogens with zero attached hydrogens (tertiary/aromatic N) is 1. The number of hydrogen-bond acceptors (Lipinski definition) is 3. The maximum absolute atomic E-state index is 11.6. The molecule has 1 aromatic rings. The number of nitrogens with one attached hydrogen (secondary N) is 1. The molecule has 1 aliphatic rings. The zero-order chi connectivity index (χ0) is 13.3. The zero-order valence-corrected chi connectivity index (χ0v) is 11.3. The highest BCUT2D eigenvalue weighted by molar-refractivity contribution is 7.88. The molecule has 1 heterocycles. The van der Waals surface area contributed by atoms with E-state index in [1.807, 2.05) is 12.1 Å². The Bertz CT molecular complexity index is 581. The van der Waals surface area contributed by atoms with E-state index in [1.54, 1.807) is 6.07 Å². The van der Waals surface area contributed by atoms with Crippen molar-refractivity contribution in [1.82, 2.24) is 4.31 Å². The van der Waals surface area contributed by atoms with Gasteiger partial charge in [-0.15, -0.1) is 0 Å². The molecule has 98 valence electrons. The fourth-order valence-electron chi connectivity index (χ4n) is 2.15. The van der Waals surface area contributed by atoms with E-state index in [-0.39, 0.29) is 5.91 Å². The summed E-state index contributed by atoms with van der Waals surface area (Å²) in [4.78, 5) is 11.1. The Morgan fingerprint density at radius 2 is 2.11 bits per heavy atom. The molecule has 1 aliphatic heterocycles. The van der Waals surface area contributed by atoms with Crippen LogP contribution in [0.4, 0.5) is 5.69 Å². The topological polar surface area (TPSA) is 66.5 Å². The molecule has 0 spiro atoms. The molecule has 0 saturated carbocycles. The lowest BCUT2D eigenvalue weighted by molar-refractivity contribution is -0.114. The second kappa shape index (κ2) is 4.70. The third-order valence-electron chi connectivity index (χ3n) is 3.02. The lowest BCUT2D eigenvalue weighted by atomic mass is 9.99. The van der Waals surface area contributed by atoms with Crippen LogP contribution in [0.25, 0.3) is 0 Å². The summed E-state index contributed by atoms with van der Waals surface area (Å²) in [6.07, 6.45) is 1.88. The molecule has 0 radical (unpaired) electrons. The van der Waals surface area contributed by atoms with Gasteiger partial charge in [-0.3, -0.25) is 4.79 Å². The zero-order valence-electron chi connectivity index (χ0n) is 10.4. The van der Waals surface area contributed by atoms with Gasteiger partial charge in [0.05, 0.1) is 6.26 Å².